The molecule has 2 saturated heterocycles. The standard InChI is InChI=1S/C19H30BN3O4/c1-14(24)23-9-6-7-15(13-23)8-10-25-17-21-11-16(12-22-17)20-26-18(2,3)19(4,5)27-20/h11-12,15H,6-10,13H2,1-5H3. The number of nitrogens with zero attached hydrogens (tertiary/aromatic N) is 3. The van der Waals surface area contributed by atoms with Crippen LogP contribution in [0.2, 0.25) is 0 Å². The largest absolute Gasteiger partial charge is 0.498 e. The van der Waals surface area contributed by atoms with E-state index >= 15 is 0 Å². The molecule has 1 aromatic rings. The van der Waals surface area contributed by atoms with Crippen molar-refractivity contribution in [3.05, 3.63) is 12.4 Å². The predicted molar refractivity (Wildman–Crippen MR) is 103 cm³/mol. The Morgan fingerprint density at radius 1 is 1.26 bits per heavy atom. The number of amides is 1. The summed E-state index contributed by atoms with van der Waals surface area (Å²) in [5.74, 6) is 0.633. The molecule has 2 aliphatic heterocycles. The van der Waals surface area contributed by atoms with E-state index in [9.17, 15) is 4.79 Å². The molecule has 3 heterocycles. The summed E-state index contributed by atoms with van der Waals surface area (Å²) in [5, 5.41) is 0. The van der Waals surface area contributed by atoms with Crippen LogP contribution >= 0.6 is 0 Å². The number of likely N-dealkylation sites (tertiary alicyclic amines) is 1. The normalized spacial score (nSPS) is 24.1. The molecule has 0 radical (unpaired) electrons. The Hall–Kier alpha value is -1.67. The SMILES string of the molecule is CC(=O)N1CCCC(CCOc2ncc(B3OC(C)(C)C(C)(C)O3)cn2)C1. The highest BCUT2D eigenvalue weighted by Crippen LogP contribution is 2.36. The number of carbonyl (C=O) groups is 1. The van der Waals surface area contributed by atoms with Gasteiger partial charge in [0, 0.05) is 37.9 Å². The van der Waals surface area contributed by atoms with E-state index in [1.54, 1.807) is 19.3 Å². The monoisotopic (exact) mass is 375 g/mol. The Morgan fingerprint density at radius 3 is 2.48 bits per heavy atom. The molecule has 7 nitrogen and oxygen atoms in total. The van der Waals surface area contributed by atoms with Crippen LogP contribution in [0.25, 0.3) is 0 Å². The summed E-state index contributed by atoms with van der Waals surface area (Å²) in [4.78, 5) is 22.0. The second kappa shape index (κ2) is 7.76. The van der Waals surface area contributed by atoms with Gasteiger partial charge in [-0.05, 0) is 52.9 Å². The van der Waals surface area contributed by atoms with E-state index in [-0.39, 0.29) is 17.1 Å². The number of ether oxygens (including phenoxy) is 1. The number of piperidine rings is 1. The van der Waals surface area contributed by atoms with Crippen molar-refractivity contribution in [3.63, 3.8) is 0 Å². The maximum Gasteiger partial charge on any atom is 0.498 e. The summed E-state index contributed by atoms with van der Waals surface area (Å²) in [6.45, 7) is 11.9. The van der Waals surface area contributed by atoms with Crippen molar-refractivity contribution in [3.8, 4) is 6.01 Å². The molecule has 0 saturated carbocycles. The third kappa shape index (κ3) is 4.61. The van der Waals surface area contributed by atoms with Gasteiger partial charge in [0.15, 0.2) is 0 Å². The average molecular weight is 375 g/mol. The maximum absolute atomic E-state index is 11.5. The predicted octanol–water partition coefficient (Wildman–Crippen LogP) is 1.80. The van der Waals surface area contributed by atoms with Gasteiger partial charge in [-0.1, -0.05) is 0 Å². The zero-order valence-corrected chi connectivity index (χ0v) is 17.0. The number of rotatable bonds is 5. The van der Waals surface area contributed by atoms with E-state index in [0.29, 0.717) is 18.5 Å². The van der Waals surface area contributed by atoms with Crippen LogP contribution in [0.4, 0.5) is 0 Å². The number of hydrogen-bond donors (Lipinski definition) is 0. The zero-order chi connectivity index (χ0) is 19.7. The molecule has 2 fully saturated rings. The van der Waals surface area contributed by atoms with Crippen LogP contribution < -0.4 is 10.2 Å². The van der Waals surface area contributed by atoms with Gasteiger partial charge in [0.2, 0.25) is 5.91 Å². The van der Waals surface area contributed by atoms with Gasteiger partial charge in [-0.2, -0.15) is 0 Å². The smallest absolute Gasteiger partial charge is 0.463 e. The van der Waals surface area contributed by atoms with Crippen LogP contribution in [0.1, 0.15) is 53.9 Å². The highest BCUT2D eigenvalue weighted by molar-refractivity contribution is 6.61. The van der Waals surface area contributed by atoms with Gasteiger partial charge in [-0.25, -0.2) is 9.97 Å². The summed E-state index contributed by atoms with van der Waals surface area (Å²) in [5.41, 5.74) is 0.00615. The highest BCUT2D eigenvalue weighted by atomic mass is 16.7. The minimum Gasteiger partial charge on any atom is -0.463 e. The summed E-state index contributed by atoms with van der Waals surface area (Å²) >= 11 is 0. The minimum atomic E-state index is -0.469. The van der Waals surface area contributed by atoms with E-state index < -0.39 is 7.12 Å². The minimum absolute atomic E-state index is 0.155. The lowest BCUT2D eigenvalue weighted by Gasteiger charge is -2.32. The fourth-order valence-corrected chi connectivity index (χ4v) is 3.41. The molecule has 8 heteroatoms. The fourth-order valence-electron chi connectivity index (χ4n) is 3.41. The average Bonchev–Trinajstić information content (AvgIpc) is 2.83. The number of hydrogen-bond acceptors (Lipinski definition) is 6. The first-order chi connectivity index (χ1) is 12.7. The van der Waals surface area contributed by atoms with Crippen molar-refractivity contribution in [2.75, 3.05) is 19.7 Å². The second-order valence-corrected chi connectivity index (χ2v) is 8.50. The first kappa shape index (κ1) is 20.1. The van der Waals surface area contributed by atoms with Crippen molar-refractivity contribution in [2.45, 2.75) is 65.1 Å². The van der Waals surface area contributed by atoms with Crippen molar-refractivity contribution in [1.82, 2.24) is 14.9 Å². The van der Waals surface area contributed by atoms with Gasteiger partial charge in [0.1, 0.15) is 0 Å². The van der Waals surface area contributed by atoms with Crippen LogP contribution in [-0.2, 0) is 14.1 Å². The molecule has 0 aromatic carbocycles. The Labute approximate surface area is 161 Å². The van der Waals surface area contributed by atoms with Crippen molar-refractivity contribution in [2.24, 2.45) is 5.92 Å². The molecule has 27 heavy (non-hydrogen) atoms. The van der Waals surface area contributed by atoms with Crippen molar-refractivity contribution in [1.29, 1.82) is 0 Å². The van der Waals surface area contributed by atoms with E-state index in [2.05, 4.69) is 9.97 Å². The molecule has 2 aliphatic rings. The Morgan fingerprint density at radius 2 is 1.89 bits per heavy atom. The van der Waals surface area contributed by atoms with Gasteiger partial charge in [0.05, 0.1) is 17.8 Å². The van der Waals surface area contributed by atoms with Gasteiger partial charge >= 0.3 is 13.1 Å². The quantitative estimate of drug-likeness (QED) is 0.731. The van der Waals surface area contributed by atoms with Crippen molar-refractivity contribution < 1.29 is 18.8 Å². The van der Waals surface area contributed by atoms with Crippen molar-refractivity contribution >= 4 is 18.5 Å². The summed E-state index contributed by atoms with van der Waals surface area (Å²) < 4.78 is 17.7. The molecule has 0 aliphatic carbocycles. The fraction of sp³-hybridized carbons (Fsp3) is 0.737. The van der Waals surface area contributed by atoms with Gasteiger partial charge in [-0.3, -0.25) is 4.79 Å². The van der Waals surface area contributed by atoms with Gasteiger partial charge in [-0.15, -0.1) is 0 Å². The van der Waals surface area contributed by atoms with E-state index in [1.165, 1.54) is 0 Å². The van der Waals surface area contributed by atoms with E-state index in [1.807, 2.05) is 32.6 Å². The van der Waals surface area contributed by atoms with Gasteiger partial charge in [0.25, 0.3) is 0 Å². The number of carbonyl (C=O) groups excluding carboxylic acids is 1. The molecule has 1 amide bonds. The lowest BCUT2D eigenvalue weighted by atomic mass is 9.81. The third-order valence-electron chi connectivity index (χ3n) is 5.90. The van der Waals surface area contributed by atoms with Crippen LogP contribution in [0.15, 0.2) is 12.4 Å². The first-order valence-electron chi connectivity index (χ1n) is 9.74. The van der Waals surface area contributed by atoms with E-state index in [0.717, 1.165) is 37.8 Å². The molecule has 148 valence electrons. The number of aromatic nitrogens is 2. The summed E-state index contributed by atoms with van der Waals surface area (Å²) in [6.07, 6.45) is 6.48. The molecular weight excluding hydrogens is 345 g/mol. The first-order valence-corrected chi connectivity index (χ1v) is 9.74. The molecule has 1 unspecified atom stereocenters. The molecule has 0 spiro atoms. The Bertz CT molecular complexity index is 649. The zero-order valence-electron chi connectivity index (χ0n) is 17.0. The van der Waals surface area contributed by atoms with Crippen LogP contribution in [0.5, 0.6) is 6.01 Å². The molecule has 1 aromatic heterocycles. The topological polar surface area (TPSA) is 73.8 Å². The Kier molecular flexibility index (Phi) is 5.77. The molecular formula is C19H30BN3O4. The molecule has 3 rings (SSSR count). The molecule has 0 bridgehead atoms. The third-order valence-corrected chi connectivity index (χ3v) is 5.90. The van der Waals surface area contributed by atoms with Crippen LogP contribution in [0, 0.1) is 5.92 Å². The van der Waals surface area contributed by atoms with Crippen LogP contribution in [-0.4, -0.2) is 58.8 Å². The summed E-state index contributed by atoms with van der Waals surface area (Å²) in [7, 11) is -0.469. The van der Waals surface area contributed by atoms with Crippen LogP contribution in [0.3, 0.4) is 0 Å². The maximum atomic E-state index is 11.5. The summed E-state index contributed by atoms with van der Waals surface area (Å²) in [6, 6.07) is 0.356. The lowest BCUT2D eigenvalue weighted by molar-refractivity contribution is -0.130. The second-order valence-electron chi connectivity index (χ2n) is 8.50. The Balaban J connectivity index is 1.48. The lowest BCUT2D eigenvalue weighted by Crippen LogP contribution is -2.41. The van der Waals surface area contributed by atoms with Gasteiger partial charge < -0.3 is 18.9 Å². The molecule has 1 atom stereocenters. The molecule has 0 N–H and O–H groups in total. The van der Waals surface area contributed by atoms with E-state index in [4.69, 9.17) is 14.0 Å². The highest BCUT2D eigenvalue weighted by Gasteiger charge is 2.51.